The topological polar surface area (TPSA) is 47.6 Å². The van der Waals surface area contributed by atoms with Crippen LogP contribution < -0.4 is 5.32 Å². The Labute approximate surface area is 120 Å². The first-order chi connectivity index (χ1) is 9.72. The summed E-state index contributed by atoms with van der Waals surface area (Å²) in [5.41, 5.74) is 1.84. The highest BCUT2D eigenvalue weighted by Gasteiger charge is 2.39. The summed E-state index contributed by atoms with van der Waals surface area (Å²) < 4.78 is 10.8. The fourth-order valence-electron chi connectivity index (χ4n) is 2.70. The Morgan fingerprint density at radius 3 is 2.95 bits per heavy atom. The molecule has 4 nitrogen and oxygen atoms in total. The summed E-state index contributed by atoms with van der Waals surface area (Å²) in [6.45, 7) is 6.30. The van der Waals surface area contributed by atoms with E-state index in [4.69, 9.17) is 9.47 Å². The highest BCUT2D eigenvalue weighted by Crippen LogP contribution is 2.33. The number of carbonyl (C=O) groups is 1. The van der Waals surface area contributed by atoms with Gasteiger partial charge in [0.25, 0.3) is 0 Å². The third kappa shape index (κ3) is 3.19. The average Bonchev–Trinajstić information content (AvgIpc) is 2.46. The molecule has 0 amide bonds. The second kappa shape index (κ2) is 6.86. The molecular weight excluding hydrogens is 254 g/mol. The van der Waals surface area contributed by atoms with Gasteiger partial charge in [-0.3, -0.25) is 4.79 Å². The van der Waals surface area contributed by atoms with Crippen LogP contribution in [0, 0.1) is 0 Å². The Balaban J connectivity index is 2.30. The number of nitrogens with one attached hydrogen (secondary N) is 1. The van der Waals surface area contributed by atoms with Crippen LogP contribution in [0.1, 0.15) is 37.8 Å². The second-order valence-corrected chi connectivity index (χ2v) is 5.14. The van der Waals surface area contributed by atoms with Crippen molar-refractivity contribution in [3.05, 3.63) is 35.4 Å². The maximum absolute atomic E-state index is 12.0. The molecule has 0 fully saturated rings. The summed E-state index contributed by atoms with van der Waals surface area (Å²) in [7, 11) is 0. The van der Waals surface area contributed by atoms with E-state index >= 15 is 0 Å². The summed E-state index contributed by atoms with van der Waals surface area (Å²) in [4.78, 5) is 12.0. The van der Waals surface area contributed by atoms with Gasteiger partial charge in [-0.05, 0) is 31.0 Å². The molecule has 1 unspecified atom stereocenters. The molecule has 1 aromatic carbocycles. The molecule has 1 aliphatic heterocycles. The highest BCUT2D eigenvalue weighted by molar-refractivity contribution is 5.71. The third-order valence-electron chi connectivity index (χ3n) is 3.60. The van der Waals surface area contributed by atoms with Crippen molar-refractivity contribution in [3.8, 4) is 0 Å². The lowest BCUT2D eigenvalue weighted by molar-refractivity contribution is -0.146. The lowest BCUT2D eigenvalue weighted by Crippen LogP contribution is -2.50. The molecule has 110 valence electrons. The molecule has 1 N–H and O–H groups in total. The average molecular weight is 277 g/mol. The predicted molar refractivity (Wildman–Crippen MR) is 77.3 cm³/mol. The van der Waals surface area contributed by atoms with Crippen LogP contribution in [0.4, 0.5) is 0 Å². The van der Waals surface area contributed by atoms with Crippen molar-refractivity contribution in [2.75, 3.05) is 19.8 Å². The zero-order valence-corrected chi connectivity index (χ0v) is 12.3. The fourth-order valence-corrected chi connectivity index (χ4v) is 2.70. The Kier molecular flexibility index (Phi) is 5.15. The van der Waals surface area contributed by atoms with Gasteiger partial charge in [-0.2, -0.15) is 0 Å². The summed E-state index contributed by atoms with van der Waals surface area (Å²) in [6, 6.07) is 8.15. The van der Waals surface area contributed by atoms with Gasteiger partial charge in [0.1, 0.15) is 0 Å². The van der Waals surface area contributed by atoms with Gasteiger partial charge in [-0.15, -0.1) is 0 Å². The van der Waals surface area contributed by atoms with Crippen molar-refractivity contribution in [2.45, 2.75) is 38.8 Å². The van der Waals surface area contributed by atoms with Crippen LogP contribution in [0.25, 0.3) is 0 Å². The van der Waals surface area contributed by atoms with Gasteiger partial charge in [-0.25, -0.2) is 0 Å². The first-order valence-electron chi connectivity index (χ1n) is 7.28. The van der Waals surface area contributed by atoms with E-state index in [0.717, 1.165) is 24.1 Å². The van der Waals surface area contributed by atoms with Crippen LogP contribution in [0.5, 0.6) is 0 Å². The van der Waals surface area contributed by atoms with E-state index in [1.165, 1.54) is 0 Å². The summed E-state index contributed by atoms with van der Waals surface area (Å²) in [5, 5.41) is 3.50. The van der Waals surface area contributed by atoms with Crippen molar-refractivity contribution in [2.24, 2.45) is 0 Å². The molecule has 0 radical (unpaired) electrons. The van der Waals surface area contributed by atoms with E-state index in [9.17, 15) is 4.79 Å². The lowest BCUT2D eigenvalue weighted by atomic mass is 9.82. The zero-order chi connectivity index (χ0) is 14.4. The lowest BCUT2D eigenvalue weighted by Gasteiger charge is -2.39. The van der Waals surface area contributed by atoms with Crippen LogP contribution in [0.3, 0.4) is 0 Å². The Hall–Kier alpha value is -1.39. The number of carbonyl (C=O) groups excluding carboxylic acids is 1. The SMILES string of the molecule is CCCNC1(CC(=O)OCC)COCc2ccccc21. The third-order valence-corrected chi connectivity index (χ3v) is 3.60. The molecule has 1 heterocycles. The predicted octanol–water partition coefficient (Wildman–Crippen LogP) is 2.36. The molecule has 0 bridgehead atoms. The largest absolute Gasteiger partial charge is 0.466 e. The van der Waals surface area contributed by atoms with Gasteiger partial charge < -0.3 is 14.8 Å². The van der Waals surface area contributed by atoms with E-state index in [2.05, 4.69) is 24.4 Å². The van der Waals surface area contributed by atoms with Gasteiger partial charge >= 0.3 is 5.97 Å². The molecule has 20 heavy (non-hydrogen) atoms. The van der Waals surface area contributed by atoms with Crippen molar-refractivity contribution >= 4 is 5.97 Å². The standard InChI is InChI=1S/C16H23NO3/c1-3-9-17-16(10-15(18)20-4-2)12-19-11-13-7-5-6-8-14(13)16/h5-8,17H,3-4,9-12H2,1-2H3. The molecule has 0 aromatic heterocycles. The number of ether oxygens (including phenoxy) is 2. The van der Waals surface area contributed by atoms with Crippen molar-refractivity contribution in [1.82, 2.24) is 5.32 Å². The molecule has 1 aromatic rings. The molecule has 2 rings (SSSR count). The van der Waals surface area contributed by atoms with Crippen LogP contribution >= 0.6 is 0 Å². The highest BCUT2D eigenvalue weighted by atomic mass is 16.5. The smallest absolute Gasteiger partial charge is 0.308 e. The number of rotatable bonds is 6. The van der Waals surface area contributed by atoms with Crippen LogP contribution in [0.2, 0.25) is 0 Å². The molecular formula is C16H23NO3. The van der Waals surface area contributed by atoms with E-state index in [1.54, 1.807) is 0 Å². The van der Waals surface area contributed by atoms with Crippen molar-refractivity contribution in [3.63, 3.8) is 0 Å². The number of hydrogen-bond acceptors (Lipinski definition) is 4. The van der Waals surface area contributed by atoms with E-state index in [1.807, 2.05) is 19.1 Å². The van der Waals surface area contributed by atoms with Crippen molar-refractivity contribution < 1.29 is 14.3 Å². The maximum atomic E-state index is 12.0. The molecule has 0 spiro atoms. The molecule has 0 saturated carbocycles. The minimum Gasteiger partial charge on any atom is -0.466 e. The number of benzene rings is 1. The maximum Gasteiger partial charge on any atom is 0.308 e. The van der Waals surface area contributed by atoms with Gasteiger partial charge in [-0.1, -0.05) is 31.2 Å². The molecule has 0 saturated heterocycles. The van der Waals surface area contributed by atoms with Crippen molar-refractivity contribution in [1.29, 1.82) is 0 Å². The van der Waals surface area contributed by atoms with Gasteiger partial charge in [0.15, 0.2) is 0 Å². The van der Waals surface area contributed by atoms with Gasteiger partial charge in [0.2, 0.25) is 0 Å². The first kappa shape index (κ1) is 15.0. The fraction of sp³-hybridized carbons (Fsp3) is 0.562. The zero-order valence-electron chi connectivity index (χ0n) is 12.3. The summed E-state index contributed by atoms with van der Waals surface area (Å²) >= 11 is 0. The summed E-state index contributed by atoms with van der Waals surface area (Å²) in [5.74, 6) is -0.184. The normalized spacial score (nSPS) is 21.3. The van der Waals surface area contributed by atoms with Gasteiger partial charge in [0.05, 0.1) is 31.8 Å². The molecule has 4 heteroatoms. The summed E-state index contributed by atoms with van der Waals surface area (Å²) in [6.07, 6.45) is 1.31. The first-order valence-corrected chi connectivity index (χ1v) is 7.28. The minimum absolute atomic E-state index is 0.184. The second-order valence-electron chi connectivity index (χ2n) is 5.14. The van der Waals surface area contributed by atoms with E-state index in [-0.39, 0.29) is 5.97 Å². The quantitative estimate of drug-likeness (QED) is 0.811. The van der Waals surface area contributed by atoms with Crippen LogP contribution in [-0.2, 0) is 26.4 Å². The van der Waals surface area contributed by atoms with Crippen LogP contribution in [0.15, 0.2) is 24.3 Å². The Morgan fingerprint density at radius 1 is 1.40 bits per heavy atom. The van der Waals surface area contributed by atoms with Crippen LogP contribution in [-0.4, -0.2) is 25.7 Å². The number of fused-ring (bicyclic) bond motifs is 1. The monoisotopic (exact) mass is 277 g/mol. The number of esters is 1. The molecule has 1 atom stereocenters. The van der Waals surface area contributed by atoms with E-state index in [0.29, 0.717) is 26.2 Å². The van der Waals surface area contributed by atoms with Gasteiger partial charge in [0, 0.05) is 0 Å². The Bertz CT molecular complexity index is 461. The number of hydrogen-bond donors (Lipinski definition) is 1. The Morgan fingerprint density at radius 2 is 2.20 bits per heavy atom. The van der Waals surface area contributed by atoms with E-state index < -0.39 is 5.54 Å². The molecule has 1 aliphatic rings. The molecule has 0 aliphatic carbocycles. The minimum atomic E-state index is -0.461.